The van der Waals surface area contributed by atoms with Crippen molar-refractivity contribution in [1.29, 1.82) is 0 Å². The Hall–Kier alpha value is -1.58. The van der Waals surface area contributed by atoms with Gasteiger partial charge in [0.15, 0.2) is 0 Å². The van der Waals surface area contributed by atoms with E-state index in [1.165, 1.54) is 12.5 Å². The Kier molecular flexibility index (Phi) is 8.05. The van der Waals surface area contributed by atoms with Crippen LogP contribution in [0.2, 0.25) is 0 Å². The van der Waals surface area contributed by atoms with Crippen LogP contribution < -0.4 is 0 Å². The van der Waals surface area contributed by atoms with Crippen molar-refractivity contribution in [3.8, 4) is 0 Å². The molecule has 0 heterocycles. The smallest absolute Gasteiger partial charge is 0.310 e. The molecule has 0 aliphatic rings. The second kappa shape index (κ2) is 8.99. The molecular formula is C11H16O4. The first-order valence-corrected chi connectivity index (χ1v) is 4.82. The predicted octanol–water partition coefficient (Wildman–Crippen LogP) is 2.31. The predicted molar refractivity (Wildman–Crippen MR) is 55.7 cm³/mol. The molecule has 0 saturated carbocycles. The van der Waals surface area contributed by atoms with E-state index in [2.05, 4.69) is 9.47 Å². The van der Waals surface area contributed by atoms with Gasteiger partial charge in [-0.2, -0.15) is 0 Å². The summed E-state index contributed by atoms with van der Waals surface area (Å²) < 4.78 is 9.34. The van der Waals surface area contributed by atoms with Crippen LogP contribution in [0.15, 0.2) is 24.7 Å². The summed E-state index contributed by atoms with van der Waals surface area (Å²) in [4.78, 5) is 21.9. The van der Waals surface area contributed by atoms with Crippen molar-refractivity contribution in [3.63, 3.8) is 0 Å². The summed E-state index contributed by atoms with van der Waals surface area (Å²) in [5.41, 5.74) is 0. The number of ether oxygens (including phenoxy) is 2. The molecule has 4 nitrogen and oxygen atoms in total. The van der Waals surface area contributed by atoms with Gasteiger partial charge in [-0.05, 0) is 20.3 Å². The van der Waals surface area contributed by atoms with Crippen LogP contribution in [-0.2, 0) is 19.1 Å². The lowest BCUT2D eigenvalue weighted by molar-refractivity contribution is -0.139. The molecule has 0 rings (SSSR count). The Morgan fingerprint density at radius 3 is 1.67 bits per heavy atom. The highest BCUT2D eigenvalue weighted by Crippen LogP contribution is 2.00. The summed E-state index contributed by atoms with van der Waals surface area (Å²) in [5, 5.41) is 0. The van der Waals surface area contributed by atoms with Gasteiger partial charge in [-0.15, -0.1) is 0 Å². The van der Waals surface area contributed by atoms with Gasteiger partial charge in [0.2, 0.25) is 0 Å². The van der Waals surface area contributed by atoms with Gasteiger partial charge in [0.25, 0.3) is 0 Å². The molecule has 0 aromatic carbocycles. The van der Waals surface area contributed by atoms with E-state index in [9.17, 15) is 9.59 Å². The summed E-state index contributed by atoms with van der Waals surface area (Å²) in [6, 6.07) is 0. The molecule has 0 unspecified atom stereocenters. The van der Waals surface area contributed by atoms with Crippen LogP contribution in [0.3, 0.4) is 0 Å². The minimum atomic E-state index is -0.341. The fraction of sp³-hybridized carbons (Fsp3) is 0.455. The van der Waals surface area contributed by atoms with E-state index in [0.29, 0.717) is 6.42 Å². The van der Waals surface area contributed by atoms with Crippen molar-refractivity contribution < 1.29 is 19.1 Å². The summed E-state index contributed by atoms with van der Waals surface area (Å²) in [7, 11) is 0. The highest BCUT2D eigenvalue weighted by atomic mass is 16.5. The third-order valence-electron chi connectivity index (χ3n) is 1.43. The molecule has 4 heteroatoms. The highest BCUT2D eigenvalue weighted by Gasteiger charge is 2.05. The third kappa shape index (κ3) is 8.74. The van der Waals surface area contributed by atoms with Gasteiger partial charge in [-0.1, -0.05) is 12.2 Å². The van der Waals surface area contributed by atoms with Crippen LogP contribution in [0.25, 0.3) is 0 Å². The zero-order valence-electron chi connectivity index (χ0n) is 9.06. The average Bonchev–Trinajstić information content (AvgIpc) is 2.23. The lowest BCUT2D eigenvalue weighted by Crippen LogP contribution is -2.03. The zero-order chi connectivity index (χ0) is 11.5. The first-order chi connectivity index (χ1) is 7.20. The van der Waals surface area contributed by atoms with E-state index in [0.717, 1.165) is 0 Å². The summed E-state index contributed by atoms with van der Waals surface area (Å²) in [6.45, 7) is 3.50. The maximum absolute atomic E-state index is 11.0. The summed E-state index contributed by atoms with van der Waals surface area (Å²) >= 11 is 0. The topological polar surface area (TPSA) is 52.6 Å². The van der Waals surface area contributed by atoms with Crippen LogP contribution >= 0.6 is 0 Å². The quantitative estimate of drug-likeness (QED) is 0.500. The zero-order valence-corrected chi connectivity index (χ0v) is 9.06. The average molecular weight is 212 g/mol. The fourth-order valence-electron chi connectivity index (χ4n) is 0.783. The monoisotopic (exact) mass is 212 g/mol. The van der Waals surface area contributed by atoms with E-state index in [4.69, 9.17) is 0 Å². The van der Waals surface area contributed by atoms with Crippen LogP contribution in [0.5, 0.6) is 0 Å². The van der Waals surface area contributed by atoms with Gasteiger partial charge in [0.05, 0.1) is 12.5 Å². The molecular weight excluding hydrogens is 196 g/mol. The summed E-state index contributed by atoms with van der Waals surface area (Å²) in [6.07, 6.45) is 6.76. The SMILES string of the molecule is CC=COC(=O)CCCC(=O)OC=CC. The van der Waals surface area contributed by atoms with Crippen LogP contribution in [0.1, 0.15) is 33.1 Å². The first kappa shape index (κ1) is 13.4. The molecule has 0 saturated heterocycles. The Morgan fingerprint density at radius 2 is 1.33 bits per heavy atom. The molecule has 0 radical (unpaired) electrons. The highest BCUT2D eigenvalue weighted by molar-refractivity contribution is 5.73. The van der Waals surface area contributed by atoms with Gasteiger partial charge >= 0.3 is 11.9 Å². The number of allylic oxidation sites excluding steroid dienone is 2. The standard InChI is InChI=1S/C11H16O4/c1-3-8-14-10(12)6-5-7-11(13)15-9-4-2/h3-4,8-9H,5-7H2,1-2H3. The normalized spacial score (nSPS) is 10.8. The van der Waals surface area contributed by atoms with Crippen molar-refractivity contribution in [2.75, 3.05) is 0 Å². The Morgan fingerprint density at radius 1 is 0.933 bits per heavy atom. The maximum Gasteiger partial charge on any atom is 0.310 e. The Labute approximate surface area is 89.6 Å². The van der Waals surface area contributed by atoms with Crippen LogP contribution in [-0.4, -0.2) is 11.9 Å². The van der Waals surface area contributed by atoms with Crippen molar-refractivity contribution in [1.82, 2.24) is 0 Å². The fourth-order valence-corrected chi connectivity index (χ4v) is 0.783. The van der Waals surface area contributed by atoms with Crippen molar-refractivity contribution >= 4 is 11.9 Å². The number of carbonyl (C=O) groups excluding carboxylic acids is 2. The molecule has 15 heavy (non-hydrogen) atoms. The molecule has 0 aromatic heterocycles. The molecule has 0 N–H and O–H groups in total. The molecule has 0 aliphatic heterocycles. The largest absolute Gasteiger partial charge is 0.435 e. The second-order valence-electron chi connectivity index (χ2n) is 2.77. The van der Waals surface area contributed by atoms with E-state index in [-0.39, 0.29) is 24.8 Å². The Balaban J connectivity index is 3.52. The van der Waals surface area contributed by atoms with Gasteiger partial charge in [0, 0.05) is 12.8 Å². The molecule has 0 atom stereocenters. The van der Waals surface area contributed by atoms with Crippen molar-refractivity contribution in [3.05, 3.63) is 24.7 Å². The third-order valence-corrected chi connectivity index (χ3v) is 1.43. The minimum Gasteiger partial charge on any atom is -0.435 e. The molecule has 0 aliphatic carbocycles. The van der Waals surface area contributed by atoms with Crippen molar-refractivity contribution in [2.24, 2.45) is 0 Å². The number of hydrogen-bond acceptors (Lipinski definition) is 4. The molecule has 0 spiro atoms. The lowest BCUT2D eigenvalue weighted by atomic mass is 10.2. The van der Waals surface area contributed by atoms with Gasteiger partial charge in [0.1, 0.15) is 0 Å². The summed E-state index contributed by atoms with van der Waals surface area (Å²) in [5.74, 6) is -0.682. The van der Waals surface area contributed by atoms with Crippen LogP contribution in [0.4, 0.5) is 0 Å². The van der Waals surface area contributed by atoms with Crippen molar-refractivity contribution in [2.45, 2.75) is 33.1 Å². The molecule has 0 bridgehead atoms. The number of esters is 2. The Bertz CT molecular complexity index is 227. The number of hydrogen-bond donors (Lipinski definition) is 0. The first-order valence-electron chi connectivity index (χ1n) is 4.82. The van der Waals surface area contributed by atoms with E-state index >= 15 is 0 Å². The van der Waals surface area contributed by atoms with Gasteiger partial charge in [-0.3, -0.25) is 9.59 Å². The molecule has 0 aromatic rings. The van der Waals surface area contributed by atoms with Crippen LogP contribution in [0, 0.1) is 0 Å². The molecule has 0 fully saturated rings. The van der Waals surface area contributed by atoms with E-state index in [1.807, 2.05) is 0 Å². The maximum atomic E-state index is 11.0. The molecule has 0 amide bonds. The lowest BCUT2D eigenvalue weighted by Gasteiger charge is -1.99. The second-order valence-corrected chi connectivity index (χ2v) is 2.77. The van der Waals surface area contributed by atoms with E-state index in [1.54, 1.807) is 26.0 Å². The number of rotatable bonds is 6. The van der Waals surface area contributed by atoms with Gasteiger partial charge in [-0.25, -0.2) is 0 Å². The number of carbonyl (C=O) groups is 2. The van der Waals surface area contributed by atoms with Gasteiger partial charge < -0.3 is 9.47 Å². The van der Waals surface area contributed by atoms with E-state index < -0.39 is 0 Å². The molecule has 84 valence electrons. The minimum absolute atomic E-state index is 0.218.